The molecule has 0 bridgehead atoms. The van der Waals surface area contributed by atoms with Crippen LogP contribution in [0.2, 0.25) is 5.02 Å². The fraction of sp³-hybridized carbons (Fsp3) is 0.588. The van der Waals surface area contributed by atoms with E-state index in [0.29, 0.717) is 25.0 Å². The van der Waals surface area contributed by atoms with Gasteiger partial charge in [-0.1, -0.05) is 18.5 Å². The van der Waals surface area contributed by atoms with E-state index in [4.69, 9.17) is 21.4 Å². The highest BCUT2D eigenvalue weighted by atomic mass is 35.5. The lowest BCUT2D eigenvalue weighted by atomic mass is 9.91. The Kier molecular flexibility index (Phi) is 6.13. The molecule has 5 nitrogen and oxygen atoms in total. The van der Waals surface area contributed by atoms with E-state index in [0.717, 1.165) is 29.8 Å². The summed E-state index contributed by atoms with van der Waals surface area (Å²) in [5, 5.41) is 14.2. The van der Waals surface area contributed by atoms with Crippen molar-refractivity contribution in [2.24, 2.45) is 5.92 Å². The molecule has 3 atom stereocenters. The van der Waals surface area contributed by atoms with E-state index >= 15 is 0 Å². The fourth-order valence-electron chi connectivity index (χ4n) is 3.51. The molecule has 1 amide bonds. The summed E-state index contributed by atoms with van der Waals surface area (Å²) in [6, 6.07) is 4.28. The molecule has 2 aliphatic rings. The number of fused-ring (bicyclic) bond motifs is 3. The molecule has 0 saturated carbocycles. The van der Waals surface area contributed by atoms with Gasteiger partial charge in [0, 0.05) is 19.0 Å². The van der Waals surface area contributed by atoms with E-state index in [-0.39, 0.29) is 0 Å². The zero-order valence-electron chi connectivity index (χ0n) is 13.9. The smallest absolute Gasteiger partial charge is 0.404 e. The molecule has 3 unspecified atom stereocenters. The van der Waals surface area contributed by atoms with Crippen molar-refractivity contribution >= 4 is 17.7 Å². The molecule has 1 aliphatic heterocycles. The van der Waals surface area contributed by atoms with Gasteiger partial charge in [-0.15, -0.1) is 0 Å². The highest BCUT2D eigenvalue weighted by molar-refractivity contribution is 6.32. The second-order valence-electron chi connectivity index (χ2n) is 5.90. The predicted octanol–water partition coefficient (Wildman–Crippen LogP) is 3.43. The van der Waals surface area contributed by atoms with Crippen LogP contribution in [0.3, 0.4) is 0 Å². The van der Waals surface area contributed by atoms with Crippen LogP contribution in [-0.2, 0) is 0 Å². The van der Waals surface area contributed by atoms with Gasteiger partial charge in [-0.2, -0.15) is 0 Å². The van der Waals surface area contributed by atoms with Crippen molar-refractivity contribution in [3.8, 4) is 5.75 Å². The Bertz CT molecular complexity index is 565. The Hall–Kier alpha value is -1.46. The first-order chi connectivity index (χ1) is 11.0. The highest BCUT2D eigenvalue weighted by Crippen LogP contribution is 2.50. The molecule has 0 aromatic heterocycles. The van der Waals surface area contributed by atoms with Gasteiger partial charge in [0.05, 0.1) is 11.6 Å². The number of halogens is 1. The van der Waals surface area contributed by atoms with Gasteiger partial charge in [-0.25, -0.2) is 4.79 Å². The van der Waals surface area contributed by atoms with Crippen LogP contribution >= 0.6 is 11.6 Å². The molecule has 1 heterocycles. The van der Waals surface area contributed by atoms with Gasteiger partial charge >= 0.3 is 6.09 Å². The predicted molar refractivity (Wildman–Crippen MR) is 91.8 cm³/mol. The van der Waals surface area contributed by atoms with Gasteiger partial charge in [-0.3, -0.25) is 0 Å². The average molecular weight is 341 g/mol. The quantitative estimate of drug-likeness (QED) is 0.788. The van der Waals surface area contributed by atoms with Gasteiger partial charge in [0.1, 0.15) is 5.75 Å². The summed E-state index contributed by atoms with van der Waals surface area (Å²) in [6.45, 7) is 9.40. The van der Waals surface area contributed by atoms with Crippen LogP contribution in [0.5, 0.6) is 5.75 Å². The molecule has 1 aromatic rings. The Morgan fingerprint density at radius 2 is 2.13 bits per heavy atom. The zero-order chi connectivity index (χ0) is 17.0. The number of hydrogen-bond acceptors (Lipinski definition) is 3. The maximum Gasteiger partial charge on any atom is 0.404 e. The number of carbonyl (C=O) groups is 1. The molecule has 1 fully saturated rings. The maximum absolute atomic E-state index is 9.49. The summed E-state index contributed by atoms with van der Waals surface area (Å²) in [4.78, 5) is 9.49. The summed E-state index contributed by atoms with van der Waals surface area (Å²) in [5.41, 5.74) is 2.87. The van der Waals surface area contributed by atoms with Gasteiger partial charge < -0.3 is 20.5 Å². The van der Waals surface area contributed by atoms with Crippen molar-refractivity contribution in [2.75, 3.05) is 26.2 Å². The van der Waals surface area contributed by atoms with E-state index < -0.39 is 6.09 Å². The van der Waals surface area contributed by atoms with Crippen LogP contribution in [0.25, 0.3) is 0 Å². The third-order valence-electron chi connectivity index (χ3n) is 4.56. The van der Waals surface area contributed by atoms with Gasteiger partial charge in [0.2, 0.25) is 0 Å². The second-order valence-corrected chi connectivity index (χ2v) is 6.30. The van der Waals surface area contributed by atoms with Crippen LogP contribution in [0, 0.1) is 5.92 Å². The molecule has 1 aliphatic carbocycles. The molecule has 6 heteroatoms. The minimum absolute atomic E-state index is 0.481. The molecule has 128 valence electrons. The minimum atomic E-state index is -0.961. The van der Waals surface area contributed by atoms with Gasteiger partial charge in [0.25, 0.3) is 0 Å². The standard InChI is InChI=1S/C14H18ClNO.C3H7NO2/c1-3-17-14-5-10-9(4-13(14)15)8(2)11-6-16-7-12(10)11;1-2-4-3(5)6/h4-5,8,11-12,16H,3,6-7H2,1-2H3;4H,2H2,1H3,(H,5,6). The Balaban J connectivity index is 0.000000277. The van der Waals surface area contributed by atoms with Gasteiger partial charge in [0.15, 0.2) is 0 Å². The van der Waals surface area contributed by atoms with Crippen LogP contribution in [0.15, 0.2) is 12.1 Å². The molecule has 1 aromatic carbocycles. The lowest BCUT2D eigenvalue weighted by Crippen LogP contribution is -2.19. The summed E-state index contributed by atoms with van der Waals surface area (Å²) in [5.74, 6) is 2.83. The fourth-order valence-corrected chi connectivity index (χ4v) is 3.74. The SMILES string of the molecule is CCNC(=O)O.CCOc1cc2c(cc1Cl)C(C)C1CNCC21. The minimum Gasteiger partial charge on any atom is -0.492 e. The van der Waals surface area contributed by atoms with Crippen molar-refractivity contribution < 1.29 is 14.6 Å². The number of carboxylic acid groups (broad SMARTS) is 1. The van der Waals surface area contributed by atoms with E-state index in [1.54, 1.807) is 6.92 Å². The lowest BCUT2D eigenvalue weighted by molar-refractivity contribution is 0.195. The van der Waals surface area contributed by atoms with Crippen LogP contribution in [-0.4, -0.2) is 37.4 Å². The summed E-state index contributed by atoms with van der Waals surface area (Å²) in [6.07, 6.45) is -0.961. The monoisotopic (exact) mass is 340 g/mol. The molecule has 3 N–H and O–H groups in total. The third-order valence-corrected chi connectivity index (χ3v) is 4.85. The Morgan fingerprint density at radius 3 is 2.70 bits per heavy atom. The normalized spacial score (nSPS) is 24.3. The second kappa shape index (κ2) is 7.88. The molecular weight excluding hydrogens is 316 g/mol. The van der Waals surface area contributed by atoms with Crippen LogP contribution < -0.4 is 15.4 Å². The number of ether oxygens (including phenoxy) is 1. The van der Waals surface area contributed by atoms with Crippen molar-refractivity contribution in [2.45, 2.75) is 32.6 Å². The van der Waals surface area contributed by atoms with E-state index in [2.05, 4.69) is 29.7 Å². The molecule has 0 spiro atoms. The van der Waals surface area contributed by atoms with Crippen molar-refractivity contribution in [3.05, 3.63) is 28.3 Å². The number of nitrogens with one attached hydrogen (secondary N) is 2. The first kappa shape index (κ1) is 17.9. The third kappa shape index (κ3) is 3.90. The van der Waals surface area contributed by atoms with E-state index in [1.165, 1.54) is 11.1 Å². The number of amides is 1. The number of hydrogen-bond donors (Lipinski definition) is 3. The Labute approximate surface area is 142 Å². The molecule has 3 rings (SSSR count). The van der Waals surface area contributed by atoms with Crippen molar-refractivity contribution in [3.63, 3.8) is 0 Å². The van der Waals surface area contributed by atoms with Crippen LogP contribution in [0.1, 0.15) is 43.7 Å². The first-order valence-corrected chi connectivity index (χ1v) is 8.50. The summed E-state index contributed by atoms with van der Waals surface area (Å²) >= 11 is 6.27. The van der Waals surface area contributed by atoms with Crippen molar-refractivity contribution in [1.82, 2.24) is 10.6 Å². The molecule has 23 heavy (non-hydrogen) atoms. The number of benzene rings is 1. The largest absolute Gasteiger partial charge is 0.492 e. The number of rotatable bonds is 3. The maximum atomic E-state index is 9.49. The summed E-state index contributed by atoms with van der Waals surface area (Å²) < 4.78 is 5.59. The molecule has 1 saturated heterocycles. The topological polar surface area (TPSA) is 70.6 Å². The Morgan fingerprint density at radius 1 is 1.39 bits per heavy atom. The average Bonchev–Trinajstić information content (AvgIpc) is 3.06. The van der Waals surface area contributed by atoms with E-state index in [1.807, 2.05) is 6.92 Å². The zero-order valence-corrected chi connectivity index (χ0v) is 14.6. The molecule has 0 radical (unpaired) electrons. The first-order valence-electron chi connectivity index (χ1n) is 8.13. The molecular formula is C17H25ClN2O3. The van der Waals surface area contributed by atoms with Crippen molar-refractivity contribution in [1.29, 1.82) is 0 Å². The van der Waals surface area contributed by atoms with Gasteiger partial charge in [-0.05, 0) is 55.5 Å². The van der Waals surface area contributed by atoms with E-state index in [9.17, 15) is 4.79 Å². The summed E-state index contributed by atoms with van der Waals surface area (Å²) in [7, 11) is 0. The highest BCUT2D eigenvalue weighted by Gasteiger charge is 2.41. The van der Waals surface area contributed by atoms with Crippen LogP contribution in [0.4, 0.5) is 4.79 Å². The lowest BCUT2D eigenvalue weighted by Gasteiger charge is -2.13.